The minimum absolute atomic E-state index is 0.698. The molecule has 0 aliphatic heterocycles. The van der Waals surface area contributed by atoms with Crippen molar-refractivity contribution in [1.82, 2.24) is 19.1 Å². The lowest BCUT2D eigenvalue weighted by Gasteiger charge is -2.12. The van der Waals surface area contributed by atoms with Crippen LogP contribution < -0.4 is 0 Å². The van der Waals surface area contributed by atoms with Gasteiger partial charge in [0, 0.05) is 55.0 Å². The quantitative estimate of drug-likeness (QED) is 0.177. The van der Waals surface area contributed by atoms with Crippen molar-refractivity contribution in [2.24, 2.45) is 0 Å². The van der Waals surface area contributed by atoms with Crippen molar-refractivity contribution in [2.45, 2.75) is 0 Å². The van der Waals surface area contributed by atoms with Crippen LogP contribution in [0.15, 0.2) is 199 Å². The van der Waals surface area contributed by atoms with Gasteiger partial charge in [-0.25, -0.2) is 9.97 Å². The van der Waals surface area contributed by atoms with E-state index in [0.717, 1.165) is 94.2 Å². The Hall–Kier alpha value is -7.76. The molecular formula is C52H32N4O. The Bertz CT molecular complexity index is 3450. The normalized spacial score (nSPS) is 11.9. The van der Waals surface area contributed by atoms with Crippen LogP contribution in [0.1, 0.15) is 0 Å². The van der Waals surface area contributed by atoms with Gasteiger partial charge in [-0.15, -0.1) is 0 Å². The van der Waals surface area contributed by atoms with E-state index in [1.807, 2.05) is 30.3 Å². The average Bonchev–Trinajstić information content (AvgIpc) is 3.95. The Labute approximate surface area is 327 Å². The zero-order chi connectivity index (χ0) is 37.5. The molecule has 5 heteroatoms. The van der Waals surface area contributed by atoms with Gasteiger partial charge in [0.05, 0.1) is 38.8 Å². The van der Waals surface area contributed by atoms with Crippen LogP contribution in [-0.4, -0.2) is 19.1 Å². The van der Waals surface area contributed by atoms with E-state index < -0.39 is 0 Å². The number of hydrogen-bond acceptors (Lipinski definition) is 3. The van der Waals surface area contributed by atoms with Gasteiger partial charge >= 0.3 is 0 Å². The lowest BCUT2D eigenvalue weighted by Crippen LogP contribution is -1.98. The highest BCUT2D eigenvalue weighted by Crippen LogP contribution is 2.45. The fourth-order valence-electron chi connectivity index (χ4n) is 8.82. The highest BCUT2D eigenvalue weighted by molar-refractivity contribution is 6.31. The number of fused-ring (bicyclic) bond motifs is 11. The van der Waals surface area contributed by atoms with Crippen molar-refractivity contribution in [3.05, 3.63) is 194 Å². The van der Waals surface area contributed by atoms with Crippen molar-refractivity contribution in [3.63, 3.8) is 0 Å². The van der Waals surface area contributed by atoms with Gasteiger partial charge in [-0.05, 0) is 66.7 Å². The standard InChI is InChI=1S/C52H32N4O/c1-4-15-33(16-5-1)42-32-43(54-52(53-42)34-17-6-2-7-18-34)35-19-14-22-37(31-35)55-44-25-12-10-24-40(44)48-45(55)30-28-41-49-46(56(50(41)48)36-20-8-3-9-21-36)29-27-39-38-23-11-13-26-47(38)57-51(39)49/h1-32H. The zero-order valence-electron chi connectivity index (χ0n) is 30.7. The predicted molar refractivity (Wildman–Crippen MR) is 234 cm³/mol. The zero-order valence-corrected chi connectivity index (χ0v) is 30.7. The number of rotatable bonds is 5. The molecule has 12 rings (SSSR count). The van der Waals surface area contributed by atoms with Gasteiger partial charge in [0.2, 0.25) is 0 Å². The highest BCUT2D eigenvalue weighted by atomic mass is 16.3. The van der Waals surface area contributed by atoms with E-state index in [9.17, 15) is 0 Å². The molecule has 0 aliphatic carbocycles. The van der Waals surface area contributed by atoms with Crippen LogP contribution in [0.4, 0.5) is 0 Å². The summed E-state index contributed by atoms with van der Waals surface area (Å²) in [6, 6.07) is 68.2. The number of furan rings is 1. The van der Waals surface area contributed by atoms with Gasteiger partial charge in [0.25, 0.3) is 0 Å². The molecular weight excluding hydrogens is 697 g/mol. The highest BCUT2D eigenvalue weighted by Gasteiger charge is 2.24. The molecule has 0 aliphatic rings. The lowest BCUT2D eigenvalue weighted by atomic mass is 10.1. The van der Waals surface area contributed by atoms with Crippen molar-refractivity contribution in [2.75, 3.05) is 0 Å². The second-order valence-electron chi connectivity index (χ2n) is 14.6. The van der Waals surface area contributed by atoms with Gasteiger partial charge in [-0.1, -0.05) is 127 Å². The third-order valence-corrected chi connectivity index (χ3v) is 11.3. The van der Waals surface area contributed by atoms with E-state index in [1.54, 1.807) is 0 Å². The number of benzene rings is 8. The minimum atomic E-state index is 0.698. The Kier molecular flexibility index (Phi) is 6.86. The molecule has 0 radical (unpaired) electrons. The molecule has 266 valence electrons. The third-order valence-electron chi connectivity index (χ3n) is 11.3. The van der Waals surface area contributed by atoms with E-state index in [0.29, 0.717) is 5.82 Å². The number of aromatic nitrogens is 4. The molecule has 0 atom stereocenters. The smallest absolute Gasteiger partial charge is 0.160 e. The molecule has 0 N–H and O–H groups in total. The Morgan fingerprint density at radius 3 is 1.75 bits per heavy atom. The predicted octanol–water partition coefficient (Wildman–Crippen LogP) is 13.6. The van der Waals surface area contributed by atoms with Crippen molar-refractivity contribution in [1.29, 1.82) is 0 Å². The molecule has 12 aromatic rings. The van der Waals surface area contributed by atoms with Gasteiger partial charge in [0.1, 0.15) is 11.2 Å². The fraction of sp³-hybridized carbons (Fsp3) is 0. The molecule has 4 aromatic heterocycles. The number of hydrogen-bond donors (Lipinski definition) is 0. The lowest BCUT2D eigenvalue weighted by molar-refractivity contribution is 0.673. The summed E-state index contributed by atoms with van der Waals surface area (Å²) in [4.78, 5) is 10.2. The number of para-hydroxylation sites is 3. The summed E-state index contributed by atoms with van der Waals surface area (Å²) in [5.74, 6) is 0.698. The fourth-order valence-corrected chi connectivity index (χ4v) is 8.82. The van der Waals surface area contributed by atoms with Gasteiger partial charge in [0.15, 0.2) is 5.82 Å². The minimum Gasteiger partial charge on any atom is -0.455 e. The molecule has 0 saturated heterocycles. The van der Waals surface area contributed by atoms with E-state index in [2.05, 4.69) is 173 Å². The van der Waals surface area contributed by atoms with Gasteiger partial charge in [-0.3, -0.25) is 0 Å². The monoisotopic (exact) mass is 728 g/mol. The molecule has 0 unspecified atom stereocenters. The maximum atomic E-state index is 6.70. The number of nitrogens with zero attached hydrogens (tertiary/aromatic N) is 4. The second kappa shape index (κ2) is 12.4. The molecule has 0 saturated carbocycles. The summed E-state index contributed by atoms with van der Waals surface area (Å²) < 4.78 is 11.5. The maximum Gasteiger partial charge on any atom is 0.160 e. The molecule has 0 bridgehead atoms. The van der Waals surface area contributed by atoms with Crippen LogP contribution in [0, 0.1) is 0 Å². The summed E-state index contributed by atoms with van der Waals surface area (Å²) >= 11 is 0. The summed E-state index contributed by atoms with van der Waals surface area (Å²) in [5, 5.41) is 6.91. The van der Waals surface area contributed by atoms with E-state index >= 15 is 0 Å². The summed E-state index contributed by atoms with van der Waals surface area (Å²) in [6.45, 7) is 0. The van der Waals surface area contributed by atoms with Crippen molar-refractivity contribution in [3.8, 4) is 45.3 Å². The molecule has 0 fully saturated rings. The largest absolute Gasteiger partial charge is 0.455 e. The first-order valence-corrected chi connectivity index (χ1v) is 19.3. The van der Waals surface area contributed by atoms with Crippen molar-refractivity contribution >= 4 is 65.6 Å². The van der Waals surface area contributed by atoms with Crippen LogP contribution in [0.3, 0.4) is 0 Å². The summed E-state index contributed by atoms with van der Waals surface area (Å²) in [7, 11) is 0. The molecule has 57 heavy (non-hydrogen) atoms. The molecule has 0 spiro atoms. The first-order chi connectivity index (χ1) is 28.3. The van der Waals surface area contributed by atoms with Gasteiger partial charge in [-0.2, -0.15) is 0 Å². The topological polar surface area (TPSA) is 48.8 Å². The maximum absolute atomic E-state index is 6.70. The Morgan fingerprint density at radius 1 is 0.368 bits per heavy atom. The molecule has 8 aromatic carbocycles. The van der Waals surface area contributed by atoms with Crippen LogP contribution in [0.25, 0.3) is 111 Å². The van der Waals surface area contributed by atoms with Crippen LogP contribution in [0.5, 0.6) is 0 Å². The van der Waals surface area contributed by atoms with Crippen LogP contribution >= 0.6 is 0 Å². The van der Waals surface area contributed by atoms with Crippen LogP contribution in [0.2, 0.25) is 0 Å². The Morgan fingerprint density at radius 2 is 0.965 bits per heavy atom. The first-order valence-electron chi connectivity index (χ1n) is 19.3. The van der Waals surface area contributed by atoms with Gasteiger partial charge < -0.3 is 13.6 Å². The van der Waals surface area contributed by atoms with Crippen LogP contribution in [-0.2, 0) is 0 Å². The summed E-state index contributed by atoms with van der Waals surface area (Å²) in [6.07, 6.45) is 0. The van der Waals surface area contributed by atoms with Crippen molar-refractivity contribution < 1.29 is 4.42 Å². The van der Waals surface area contributed by atoms with E-state index in [4.69, 9.17) is 14.4 Å². The average molecular weight is 729 g/mol. The molecule has 5 nitrogen and oxygen atoms in total. The first kappa shape index (κ1) is 31.6. The second-order valence-corrected chi connectivity index (χ2v) is 14.6. The molecule has 0 amide bonds. The van der Waals surface area contributed by atoms with E-state index in [1.165, 1.54) is 10.8 Å². The molecule has 4 heterocycles. The van der Waals surface area contributed by atoms with E-state index in [-0.39, 0.29) is 0 Å². The SMILES string of the molecule is c1ccc(-c2cc(-c3cccc(-n4c5ccccc5c5c4ccc4c6c7oc8ccccc8c7ccc6n(-c6ccccc6)c45)c3)nc(-c3ccccc3)n2)cc1. The summed E-state index contributed by atoms with van der Waals surface area (Å²) in [5.41, 5.74) is 13.3. The third kappa shape index (κ3) is 4.82. The Balaban J connectivity index is 1.14.